The molecule has 2 aliphatic rings. The van der Waals surface area contributed by atoms with Crippen LogP contribution in [0, 0.1) is 35.5 Å². The van der Waals surface area contributed by atoms with Gasteiger partial charge < -0.3 is 40.6 Å². The van der Waals surface area contributed by atoms with Crippen LogP contribution in [0.15, 0.2) is 84.1 Å². The number of nitrogens with two attached hydrogens (primary N) is 1. The van der Waals surface area contributed by atoms with E-state index in [2.05, 4.69) is 50.9 Å². The number of hydrogen-bond donors (Lipinski definition) is 4. The van der Waals surface area contributed by atoms with Crippen LogP contribution in [0.1, 0.15) is 76.5 Å². The normalized spacial score (nSPS) is 17.7. The summed E-state index contributed by atoms with van der Waals surface area (Å²) in [5.41, 5.74) is 11.0. The van der Waals surface area contributed by atoms with E-state index in [1.165, 1.54) is 14.2 Å². The second-order valence-electron chi connectivity index (χ2n) is 15.2. The molecule has 0 saturated carbocycles. The molecule has 3 aromatic rings. The molecule has 5 N–H and O–H groups in total. The molecule has 314 valence electrons. The molecule has 1 aromatic heterocycles. The Morgan fingerprint density at radius 2 is 1.50 bits per heavy atom. The van der Waals surface area contributed by atoms with E-state index in [9.17, 15) is 19.2 Å². The number of rotatable bonds is 12. The van der Waals surface area contributed by atoms with Gasteiger partial charge in [0.25, 0.3) is 0 Å². The minimum atomic E-state index is -0.818. The summed E-state index contributed by atoms with van der Waals surface area (Å²) in [7, 11) is 2.52. The maximum atomic E-state index is 13.8. The highest BCUT2D eigenvalue weighted by molar-refractivity contribution is 5.95. The van der Waals surface area contributed by atoms with Crippen molar-refractivity contribution in [2.45, 2.75) is 77.5 Å². The molecule has 0 radical (unpaired) electrons. The molecule has 14 heteroatoms. The van der Waals surface area contributed by atoms with Crippen molar-refractivity contribution in [3.63, 3.8) is 0 Å². The van der Waals surface area contributed by atoms with Gasteiger partial charge in [-0.25, -0.2) is 19.6 Å². The lowest BCUT2D eigenvalue weighted by molar-refractivity contribution is -0.135. The van der Waals surface area contributed by atoms with Crippen LogP contribution in [-0.4, -0.2) is 95.0 Å². The highest BCUT2D eigenvalue weighted by Crippen LogP contribution is 2.32. The molecular weight excluding hydrogens is 761 g/mol. The third-order valence-corrected chi connectivity index (χ3v) is 10.5. The average Bonchev–Trinajstić information content (AvgIpc) is 4.05. The van der Waals surface area contributed by atoms with Crippen molar-refractivity contribution in [2.24, 2.45) is 22.6 Å². The van der Waals surface area contributed by atoms with E-state index in [0.717, 1.165) is 23.1 Å². The van der Waals surface area contributed by atoms with Gasteiger partial charge in [0.05, 0.1) is 32.5 Å². The van der Waals surface area contributed by atoms with Crippen molar-refractivity contribution in [2.75, 3.05) is 27.3 Å². The molecule has 4 atom stereocenters. The van der Waals surface area contributed by atoms with Gasteiger partial charge >= 0.3 is 12.2 Å². The molecule has 60 heavy (non-hydrogen) atoms. The molecule has 4 amide bonds. The van der Waals surface area contributed by atoms with Gasteiger partial charge in [0, 0.05) is 18.7 Å². The predicted molar refractivity (Wildman–Crippen MR) is 231 cm³/mol. The quantitative estimate of drug-likeness (QED) is 0.0765. The highest BCUT2D eigenvalue weighted by atomic mass is 16.5. The van der Waals surface area contributed by atoms with E-state index in [-0.39, 0.29) is 35.5 Å². The summed E-state index contributed by atoms with van der Waals surface area (Å²) in [5, 5.41) is 5.33. The number of nitrogens with zero attached hydrogens (tertiary/aromatic N) is 4. The topological polar surface area (TPSA) is 184 Å². The molecule has 0 spiro atoms. The lowest BCUT2D eigenvalue weighted by atomic mass is 9.98. The second kappa shape index (κ2) is 20.8. The van der Waals surface area contributed by atoms with Crippen LogP contribution in [0.25, 0.3) is 16.7 Å². The van der Waals surface area contributed by atoms with Gasteiger partial charge in [-0.3, -0.25) is 9.59 Å². The summed E-state index contributed by atoms with van der Waals surface area (Å²) in [6.07, 6.45) is 4.65. The molecule has 2 aromatic carbocycles. The number of alkyl carbamates (subject to hydrolysis) is 2. The van der Waals surface area contributed by atoms with Crippen LogP contribution in [-0.2, 0) is 19.1 Å². The predicted octanol–water partition coefficient (Wildman–Crippen LogP) is 5.80. The number of methoxy groups -OCH3 is 2. The zero-order valence-electron chi connectivity index (χ0n) is 35.1. The van der Waals surface area contributed by atoms with Gasteiger partial charge in [-0.15, -0.1) is 0 Å². The van der Waals surface area contributed by atoms with E-state index in [4.69, 9.17) is 20.2 Å². The molecule has 0 bridgehead atoms. The molecule has 0 aliphatic carbocycles. The number of aromatic amines is 1. The van der Waals surface area contributed by atoms with Crippen LogP contribution in [0.3, 0.4) is 0 Å². The summed E-state index contributed by atoms with van der Waals surface area (Å²) in [5.74, 6) is 11.9. The number of carbonyl (C=O) groups excluding carboxylic acids is 4. The Kier molecular flexibility index (Phi) is 15.3. The van der Waals surface area contributed by atoms with Crippen molar-refractivity contribution in [1.82, 2.24) is 30.4 Å². The minimum Gasteiger partial charge on any atom is -0.453 e. The van der Waals surface area contributed by atoms with Crippen LogP contribution in [0.4, 0.5) is 9.59 Å². The average molecular weight is 815 g/mol. The van der Waals surface area contributed by atoms with E-state index in [0.29, 0.717) is 55.1 Å². The monoisotopic (exact) mass is 814 g/mol. The Bertz CT molecular complexity index is 2240. The number of imidazole rings is 1. The van der Waals surface area contributed by atoms with E-state index < -0.39 is 30.3 Å². The number of nitrogens with one attached hydrogen (secondary N) is 3. The van der Waals surface area contributed by atoms with E-state index >= 15 is 0 Å². The molecule has 2 fully saturated rings. The number of aliphatic imine (C=N–C) groups is 1. The van der Waals surface area contributed by atoms with Crippen LogP contribution < -0.4 is 16.4 Å². The Labute approximate surface area is 352 Å². The number of amides is 4. The molecule has 2 saturated heterocycles. The number of aromatic nitrogens is 2. The van der Waals surface area contributed by atoms with Gasteiger partial charge in [-0.1, -0.05) is 88.9 Å². The van der Waals surface area contributed by atoms with E-state index in [1.807, 2.05) is 82.3 Å². The van der Waals surface area contributed by atoms with Gasteiger partial charge in [0.1, 0.15) is 35.1 Å². The number of likely N-dealkylation sites (tertiary alicyclic amines) is 2. The van der Waals surface area contributed by atoms with Crippen molar-refractivity contribution in [3.05, 3.63) is 96.2 Å². The third kappa shape index (κ3) is 10.8. The van der Waals surface area contributed by atoms with Crippen LogP contribution in [0.2, 0.25) is 0 Å². The smallest absolute Gasteiger partial charge is 0.407 e. The van der Waals surface area contributed by atoms with E-state index in [1.54, 1.807) is 22.1 Å². The first-order chi connectivity index (χ1) is 28.9. The highest BCUT2D eigenvalue weighted by Gasteiger charge is 2.38. The maximum absolute atomic E-state index is 13.8. The summed E-state index contributed by atoms with van der Waals surface area (Å²) in [4.78, 5) is 67.6. The van der Waals surface area contributed by atoms with Crippen molar-refractivity contribution < 1.29 is 28.7 Å². The number of ether oxygens (including phenoxy) is 2. The van der Waals surface area contributed by atoms with Gasteiger partial charge in [-0.2, -0.15) is 0 Å². The number of H-pyrrole nitrogens is 1. The number of carbonyl (C=O) groups is 4. The Balaban J connectivity index is 1.47. The SMILES string of the molecule is C=C/C(=C(C#CC#Cc1cnc([C@@H]2CCCN2C(=O)[C@@H](NC(=O)OC)C(C)C)[nH]1)\N=C(/N)[C@@H]1CCCN1C(=O)[C@@H](NC(=O)OC)C(C)C)c1cccc(-c2ccccc2)c1. The van der Waals surface area contributed by atoms with Crippen LogP contribution >= 0.6 is 0 Å². The molecule has 14 nitrogen and oxygen atoms in total. The Morgan fingerprint density at radius 3 is 2.13 bits per heavy atom. The van der Waals surface area contributed by atoms with Gasteiger partial charge in [-0.05, 0) is 84.0 Å². The number of allylic oxidation sites excluding steroid dienone is 3. The Hall–Kier alpha value is -6.80. The first-order valence-electron chi connectivity index (χ1n) is 20.1. The standard InChI is InChI=1S/C46H54N8O6/c1-8-35(33-20-14-19-32(27-33)31-17-10-9-11-18-31)36(50-41(47)37-23-15-25-53(37)43(55)39(29(2)3)51-45(57)59-6)22-13-12-21-34-28-48-42(49-34)38-24-16-26-54(38)44(56)40(30(4)5)52-46(58)60-7/h8-11,14,17-20,27-30,37-40H,1,15-16,23-26H2,2-7H3,(H2,47,50)(H,48,49)(H,51,57)(H,52,58)/b36-35+/t37-,38-,39-,40-/m0/s1. The van der Waals surface area contributed by atoms with Crippen molar-refractivity contribution in [1.29, 1.82) is 0 Å². The fourth-order valence-electron chi connectivity index (χ4n) is 7.37. The van der Waals surface area contributed by atoms with Crippen molar-refractivity contribution in [3.8, 4) is 34.8 Å². The number of benzene rings is 2. The lowest BCUT2D eigenvalue weighted by Gasteiger charge is -2.30. The van der Waals surface area contributed by atoms with Gasteiger partial charge in [0.2, 0.25) is 11.8 Å². The third-order valence-electron chi connectivity index (χ3n) is 10.5. The molecule has 5 rings (SSSR count). The minimum absolute atomic E-state index is 0.158. The first kappa shape index (κ1) is 44.3. The summed E-state index contributed by atoms with van der Waals surface area (Å²) < 4.78 is 9.53. The lowest BCUT2D eigenvalue weighted by Crippen LogP contribution is -2.54. The molecule has 2 aliphatic heterocycles. The fraction of sp³-hybridized carbons (Fsp3) is 0.391. The fourth-order valence-corrected chi connectivity index (χ4v) is 7.37. The zero-order chi connectivity index (χ0) is 43.3. The molecular formula is C46H54N8O6. The van der Waals surface area contributed by atoms with Crippen molar-refractivity contribution >= 4 is 35.4 Å². The number of amidine groups is 1. The largest absolute Gasteiger partial charge is 0.453 e. The second-order valence-corrected chi connectivity index (χ2v) is 15.2. The first-order valence-corrected chi connectivity index (χ1v) is 20.1. The number of hydrogen-bond acceptors (Lipinski definition) is 8. The summed E-state index contributed by atoms with van der Waals surface area (Å²) in [6, 6.07) is 15.5. The Morgan fingerprint density at radius 1 is 0.883 bits per heavy atom. The molecule has 0 unspecified atom stereocenters. The summed E-state index contributed by atoms with van der Waals surface area (Å²) in [6.45, 7) is 12.5. The van der Waals surface area contributed by atoms with Crippen LogP contribution in [0.5, 0.6) is 0 Å². The summed E-state index contributed by atoms with van der Waals surface area (Å²) >= 11 is 0. The molecule has 3 heterocycles. The van der Waals surface area contributed by atoms with Gasteiger partial charge in [0.15, 0.2) is 0 Å². The zero-order valence-corrected chi connectivity index (χ0v) is 35.1. The maximum Gasteiger partial charge on any atom is 0.407 e.